The van der Waals surface area contributed by atoms with Crippen LogP contribution in [0.15, 0.2) is 44.3 Å². The van der Waals surface area contributed by atoms with Crippen molar-refractivity contribution < 1.29 is 21.6 Å². The van der Waals surface area contributed by atoms with Gasteiger partial charge in [0.25, 0.3) is 15.9 Å². The fraction of sp³-hybridized carbons (Fsp3) is 0.0769. The van der Waals surface area contributed by atoms with Gasteiger partial charge in [0.05, 0.1) is 10.7 Å². The number of aryl methyl sites for hydroxylation is 1. The molecule has 0 radical (unpaired) electrons. The van der Waals surface area contributed by atoms with Crippen molar-refractivity contribution in [3.8, 4) is 11.7 Å². The molecule has 3 rings (SSSR count). The van der Waals surface area contributed by atoms with Gasteiger partial charge in [-0.2, -0.15) is 8.42 Å². The Morgan fingerprint density at radius 2 is 1.96 bits per heavy atom. The molecule has 0 amide bonds. The zero-order chi connectivity index (χ0) is 16.6. The molecule has 1 aromatic carbocycles. The van der Waals surface area contributed by atoms with Crippen molar-refractivity contribution in [2.75, 3.05) is 4.72 Å². The zero-order valence-corrected chi connectivity index (χ0v) is 13.2. The molecular weight excluding hydrogens is 349 g/mol. The van der Waals surface area contributed by atoms with Crippen molar-refractivity contribution in [2.45, 2.75) is 12.0 Å². The Labute approximate surface area is 135 Å². The van der Waals surface area contributed by atoms with Crippen LogP contribution in [0.4, 0.5) is 10.1 Å². The van der Waals surface area contributed by atoms with Crippen LogP contribution in [0.25, 0.3) is 11.7 Å². The van der Waals surface area contributed by atoms with E-state index >= 15 is 0 Å². The summed E-state index contributed by atoms with van der Waals surface area (Å²) in [5, 5.41) is 6.80. The van der Waals surface area contributed by atoms with E-state index in [9.17, 15) is 12.8 Å². The zero-order valence-electron chi connectivity index (χ0n) is 11.6. The van der Waals surface area contributed by atoms with Gasteiger partial charge in [0.2, 0.25) is 11.0 Å². The largest absolute Gasteiger partial charge is 0.438 e. The van der Waals surface area contributed by atoms with Crippen molar-refractivity contribution in [1.29, 1.82) is 0 Å². The molecule has 0 fully saturated rings. The van der Waals surface area contributed by atoms with E-state index in [0.29, 0.717) is 5.89 Å². The van der Waals surface area contributed by atoms with E-state index in [1.54, 1.807) is 6.92 Å². The number of anilines is 1. The van der Waals surface area contributed by atoms with Crippen LogP contribution in [-0.2, 0) is 10.0 Å². The van der Waals surface area contributed by atoms with E-state index < -0.39 is 15.8 Å². The van der Waals surface area contributed by atoms with Crippen LogP contribution in [0.5, 0.6) is 0 Å². The second kappa shape index (κ2) is 5.67. The molecule has 0 aliphatic carbocycles. The molecule has 2 aromatic heterocycles. The molecule has 3 aromatic rings. The van der Waals surface area contributed by atoms with E-state index in [0.717, 1.165) is 12.1 Å². The highest BCUT2D eigenvalue weighted by atomic mass is 35.5. The van der Waals surface area contributed by atoms with E-state index in [4.69, 9.17) is 20.4 Å². The summed E-state index contributed by atoms with van der Waals surface area (Å²) < 4.78 is 50.2. The fourth-order valence-corrected chi connectivity index (χ4v) is 2.91. The molecule has 7 nitrogen and oxygen atoms in total. The molecular formula is C13H9ClFN3O4S. The first-order chi connectivity index (χ1) is 10.8. The monoisotopic (exact) mass is 357 g/mol. The predicted octanol–water partition coefficient (Wildman–Crippen LogP) is 3.23. The Morgan fingerprint density at radius 1 is 1.17 bits per heavy atom. The van der Waals surface area contributed by atoms with Gasteiger partial charge in [-0.3, -0.25) is 4.72 Å². The Kier molecular flexibility index (Phi) is 3.82. The average molecular weight is 358 g/mol. The third-order valence-electron chi connectivity index (χ3n) is 2.75. The van der Waals surface area contributed by atoms with Crippen LogP contribution in [-0.4, -0.2) is 18.6 Å². The quantitative estimate of drug-likeness (QED) is 0.769. The first kappa shape index (κ1) is 15.5. The van der Waals surface area contributed by atoms with Crippen molar-refractivity contribution in [2.24, 2.45) is 0 Å². The lowest BCUT2D eigenvalue weighted by atomic mass is 10.3. The van der Waals surface area contributed by atoms with Gasteiger partial charge >= 0.3 is 0 Å². The highest BCUT2D eigenvalue weighted by molar-refractivity contribution is 7.92. The van der Waals surface area contributed by atoms with Gasteiger partial charge in [-0.25, -0.2) is 4.39 Å². The summed E-state index contributed by atoms with van der Waals surface area (Å²) in [6, 6.07) is 6.07. The van der Waals surface area contributed by atoms with Crippen LogP contribution in [0, 0.1) is 12.7 Å². The van der Waals surface area contributed by atoms with Gasteiger partial charge in [0.1, 0.15) is 5.82 Å². The molecule has 2 heterocycles. The van der Waals surface area contributed by atoms with Crippen molar-refractivity contribution in [3.63, 3.8) is 0 Å². The minimum atomic E-state index is -4.01. The average Bonchev–Trinajstić information content (AvgIpc) is 3.11. The molecule has 0 atom stereocenters. The fourth-order valence-electron chi connectivity index (χ4n) is 1.74. The summed E-state index contributed by atoms with van der Waals surface area (Å²) in [6.07, 6.45) is 0. The van der Waals surface area contributed by atoms with Crippen LogP contribution in [0.1, 0.15) is 5.89 Å². The maximum Gasteiger partial charge on any atom is 0.295 e. The predicted molar refractivity (Wildman–Crippen MR) is 79.0 cm³/mol. The standard InChI is InChI=1S/C13H9ClFN3O4S/c1-7-16-17-13(21-7)11-4-5-12(22-11)23(19,20)18-8-2-3-10(15)9(14)6-8/h2-6,18H,1H3. The van der Waals surface area contributed by atoms with E-state index in [2.05, 4.69) is 14.9 Å². The summed E-state index contributed by atoms with van der Waals surface area (Å²) >= 11 is 5.61. The number of furan rings is 1. The van der Waals surface area contributed by atoms with Gasteiger partial charge < -0.3 is 8.83 Å². The summed E-state index contributed by atoms with van der Waals surface area (Å²) in [5.74, 6) is -0.154. The summed E-state index contributed by atoms with van der Waals surface area (Å²) in [7, 11) is -4.01. The number of nitrogens with one attached hydrogen (secondary N) is 1. The molecule has 0 saturated carbocycles. The Hall–Kier alpha value is -2.39. The van der Waals surface area contributed by atoms with Crippen molar-refractivity contribution in [3.05, 3.63) is 47.1 Å². The van der Waals surface area contributed by atoms with E-state index in [-0.39, 0.29) is 27.5 Å². The number of aromatic nitrogens is 2. The number of halogens is 2. The maximum atomic E-state index is 13.1. The van der Waals surface area contributed by atoms with Crippen LogP contribution in [0.2, 0.25) is 5.02 Å². The van der Waals surface area contributed by atoms with Gasteiger partial charge in [-0.05, 0) is 30.3 Å². The lowest BCUT2D eigenvalue weighted by Gasteiger charge is -2.06. The second-order valence-corrected chi connectivity index (χ2v) is 6.50. The first-order valence-corrected chi connectivity index (χ1v) is 8.09. The molecule has 0 saturated heterocycles. The van der Waals surface area contributed by atoms with Crippen molar-refractivity contribution >= 4 is 27.3 Å². The van der Waals surface area contributed by atoms with Gasteiger partial charge in [-0.1, -0.05) is 11.6 Å². The lowest BCUT2D eigenvalue weighted by molar-refractivity contribution is 0.439. The number of hydrogen-bond acceptors (Lipinski definition) is 6. The van der Waals surface area contributed by atoms with E-state index in [1.807, 2.05) is 0 Å². The smallest absolute Gasteiger partial charge is 0.295 e. The number of rotatable bonds is 4. The molecule has 120 valence electrons. The number of sulfonamides is 1. The Bertz CT molecular complexity index is 967. The molecule has 1 N–H and O–H groups in total. The van der Waals surface area contributed by atoms with Crippen LogP contribution < -0.4 is 4.72 Å². The topological polar surface area (TPSA) is 98.2 Å². The molecule has 0 aliphatic rings. The minimum absolute atomic E-state index is 0.0637. The van der Waals surface area contributed by atoms with Crippen molar-refractivity contribution in [1.82, 2.24) is 10.2 Å². The first-order valence-electron chi connectivity index (χ1n) is 6.23. The molecule has 0 unspecified atom stereocenters. The Balaban J connectivity index is 1.88. The third-order valence-corrected chi connectivity index (χ3v) is 4.30. The molecule has 23 heavy (non-hydrogen) atoms. The third kappa shape index (κ3) is 3.20. The van der Waals surface area contributed by atoms with E-state index in [1.165, 1.54) is 18.2 Å². The number of nitrogens with zero attached hydrogens (tertiary/aromatic N) is 2. The highest BCUT2D eigenvalue weighted by Gasteiger charge is 2.21. The number of hydrogen-bond donors (Lipinski definition) is 1. The highest BCUT2D eigenvalue weighted by Crippen LogP contribution is 2.26. The summed E-state index contributed by atoms with van der Waals surface area (Å²) in [4.78, 5) is 0. The normalized spacial score (nSPS) is 11.6. The molecule has 0 spiro atoms. The second-order valence-electron chi connectivity index (χ2n) is 4.48. The lowest BCUT2D eigenvalue weighted by Crippen LogP contribution is -2.12. The molecule has 0 aliphatic heterocycles. The Morgan fingerprint density at radius 3 is 2.61 bits per heavy atom. The van der Waals surface area contributed by atoms with Crippen LogP contribution in [0.3, 0.4) is 0 Å². The van der Waals surface area contributed by atoms with Crippen LogP contribution >= 0.6 is 11.6 Å². The van der Waals surface area contributed by atoms with Gasteiger partial charge in [-0.15, -0.1) is 10.2 Å². The van der Waals surface area contributed by atoms with Gasteiger partial charge in [0.15, 0.2) is 5.76 Å². The SMILES string of the molecule is Cc1nnc(-c2ccc(S(=O)(=O)Nc3ccc(F)c(Cl)c3)o2)o1. The number of benzene rings is 1. The minimum Gasteiger partial charge on any atom is -0.438 e. The molecule has 0 bridgehead atoms. The summed E-state index contributed by atoms with van der Waals surface area (Å²) in [5.41, 5.74) is 0.1000. The maximum absolute atomic E-state index is 13.1. The summed E-state index contributed by atoms with van der Waals surface area (Å²) in [6.45, 7) is 1.59. The van der Waals surface area contributed by atoms with Gasteiger partial charge in [0, 0.05) is 6.92 Å². The molecule has 10 heteroatoms.